The third kappa shape index (κ3) is 2.65. The van der Waals surface area contributed by atoms with Gasteiger partial charge in [-0.25, -0.2) is 4.98 Å². The zero-order valence-electron chi connectivity index (χ0n) is 11.6. The van der Waals surface area contributed by atoms with E-state index in [1.807, 2.05) is 23.7 Å². The van der Waals surface area contributed by atoms with Crippen LogP contribution in [0.25, 0.3) is 10.2 Å². The molecule has 21 heavy (non-hydrogen) atoms. The molecule has 2 fully saturated rings. The monoisotopic (exact) mass is 323 g/mol. The molecule has 1 unspecified atom stereocenters. The van der Waals surface area contributed by atoms with E-state index in [0.717, 1.165) is 48.3 Å². The maximum absolute atomic E-state index is 12.4. The van der Waals surface area contributed by atoms with Crippen LogP contribution >= 0.6 is 23.7 Å². The first-order valence-corrected chi connectivity index (χ1v) is 8.00. The van der Waals surface area contributed by atoms with E-state index >= 15 is 0 Å². The number of anilines is 1. The van der Waals surface area contributed by atoms with Crippen LogP contribution in [0.3, 0.4) is 0 Å². The van der Waals surface area contributed by atoms with Gasteiger partial charge in [-0.05, 0) is 56.0 Å². The molecule has 112 valence electrons. The molecule has 0 radical (unpaired) electrons. The lowest BCUT2D eigenvalue weighted by atomic mass is 9.92. The SMILES string of the molecule is Cl.O=C(Nc1ccc2scnc2c1)C1CC12CCNCC2. The van der Waals surface area contributed by atoms with E-state index in [1.165, 1.54) is 0 Å². The van der Waals surface area contributed by atoms with Crippen molar-refractivity contribution in [1.82, 2.24) is 10.3 Å². The average molecular weight is 324 g/mol. The molecule has 1 saturated heterocycles. The first kappa shape index (κ1) is 14.8. The van der Waals surface area contributed by atoms with Crippen LogP contribution in [-0.4, -0.2) is 24.0 Å². The summed E-state index contributed by atoms with van der Waals surface area (Å²) in [4.78, 5) is 16.7. The average Bonchev–Trinajstić information content (AvgIpc) is 2.96. The van der Waals surface area contributed by atoms with Crippen LogP contribution in [-0.2, 0) is 4.79 Å². The summed E-state index contributed by atoms with van der Waals surface area (Å²) in [5, 5.41) is 6.43. The number of benzene rings is 1. The third-order valence-corrected chi connectivity index (χ3v) is 5.51. The largest absolute Gasteiger partial charge is 0.326 e. The Bertz CT molecular complexity index is 666. The predicted molar refractivity (Wildman–Crippen MR) is 88.1 cm³/mol. The summed E-state index contributed by atoms with van der Waals surface area (Å²) in [7, 11) is 0. The molecule has 1 aromatic carbocycles. The van der Waals surface area contributed by atoms with Crippen LogP contribution in [0.5, 0.6) is 0 Å². The van der Waals surface area contributed by atoms with Gasteiger partial charge in [0.25, 0.3) is 0 Å². The van der Waals surface area contributed by atoms with Gasteiger partial charge in [0.2, 0.25) is 5.91 Å². The molecule has 1 atom stereocenters. The van der Waals surface area contributed by atoms with Crippen LogP contribution < -0.4 is 10.6 Å². The van der Waals surface area contributed by atoms with Crippen molar-refractivity contribution in [3.05, 3.63) is 23.7 Å². The maximum atomic E-state index is 12.4. The Kier molecular flexibility index (Phi) is 3.90. The van der Waals surface area contributed by atoms with Crippen LogP contribution in [0.2, 0.25) is 0 Å². The summed E-state index contributed by atoms with van der Waals surface area (Å²) < 4.78 is 1.16. The van der Waals surface area contributed by atoms with E-state index in [-0.39, 0.29) is 24.2 Å². The quantitative estimate of drug-likeness (QED) is 0.893. The summed E-state index contributed by atoms with van der Waals surface area (Å²) in [6.45, 7) is 2.10. The van der Waals surface area contributed by atoms with Gasteiger partial charge in [-0.2, -0.15) is 0 Å². The minimum Gasteiger partial charge on any atom is -0.326 e. The van der Waals surface area contributed by atoms with Crippen molar-refractivity contribution in [2.45, 2.75) is 19.3 Å². The van der Waals surface area contributed by atoms with E-state index in [2.05, 4.69) is 15.6 Å². The number of fused-ring (bicyclic) bond motifs is 1. The van der Waals surface area contributed by atoms with Gasteiger partial charge in [-0.15, -0.1) is 23.7 Å². The predicted octanol–water partition coefficient (Wildman–Crippen LogP) is 3.05. The molecule has 1 aromatic heterocycles. The zero-order valence-corrected chi connectivity index (χ0v) is 13.2. The van der Waals surface area contributed by atoms with Gasteiger partial charge in [0, 0.05) is 11.6 Å². The van der Waals surface area contributed by atoms with Crippen molar-refractivity contribution in [1.29, 1.82) is 0 Å². The van der Waals surface area contributed by atoms with Gasteiger partial charge in [0.05, 0.1) is 15.7 Å². The van der Waals surface area contributed by atoms with Crippen molar-refractivity contribution in [2.75, 3.05) is 18.4 Å². The van der Waals surface area contributed by atoms with Crippen molar-refractivity contribution in [3.8, 4) is 0 Å². The lowest BCUT2D eigenvalue weighted by molar-refractivity contribution is -0.118. The van der Waals surface area contributed by atoms with Gasteiger partial charge in [-0.3, -0.25) is 4.79 Å². The number of halogens is 1. The first-order chi connectivity index (χ1) is 9.77. The molecule has 1 amide bonds. The molecule has 1 aliphatic heterocycles. The highest BCUT2D eigenvalue weighted by atomic mass is 35.5. The Hall–Kier alpha value is -1.17. The Morgan fingerprint density at radius 3 is 3.00 bits per heavy atom. The lowest BCUT2D eigenvalue weighted by Crippen LogP contribution is -2.31. The topological polar surface area (TPSA) is 54.0 Å². The molecule has 0 bridgehead atoms. The Morgan fingerprint density at radius 1 is 1.38 bits per heavy atom. The molecular weight excluding hydrogens is 306 g/mol. The Labute approximate surface area is 133 Å². The van der Waals surface area contributed by atoms with E-state index in [0.29, 0.717) is 5.41 Å². The van der Waals surface area contributed by atoms with Crippen molar-refractivity contribution >= 4 is 45.6 Å². The highest BCUT2D eigenvalue weighted by Crippen LogP contribution is 2.58. The number of carbonyl (C=O) groups is 1. The molecule has 4 rings (SSSR count). The van der Waals surface area contributed by atoms with Gasteiger partial charge in [0.15, 0.2) is 0 Å². The smallest absolute Gasteiger partial charge is 0.228 e. The number of thiazole rings is 1. The molecule has 1 spiro atoms. The molecule has 2 heterocycles. The number of hydrogen-bond acceptors (Lipinski definition) is 4. The fourth-order valence-corrected chi connectivity index (χ4v) is 4.02. The second-order valence-corrected chi connectivity index (χ2v) is 6.78. The normalized spacial score (nSPS) is 22.8. The summed E-state index contributed by atoms with van der Waals surface area (Å²) in [6, 6.07) is 5.95. The third-order valence-electron chi connectivity index (χ3n) is 4.70. The van der Waals surface area contributed by atoms with Gasteiger partial charge in [-0.1, -0.05) is 0 Å². The zero-order chi connectivity index (χ0) is 13.6. The van der Waals surface area contributed by atoms with Gasteiger partial charge >= 0.3 is 0 Å². The minimum absolute atomic E-state index is 0. The highest BCUT2D eigenvalue weighted by Gasteiger charge is 2.57. The Morgan fingerprint density at radius 2 is 2.19 bits per heavy atom. The summed E-state index contributed by atoms with van der Waals surface area (Å²) >= 11 is 1.62. The molecule has 2 aliphatic rings. The molecule has 6 heteroatoms. The van der Waals surface area contributed by atoms with Crippen molar-refractivity contribution in [2.24, 2.45) is 11.3 Å². The summed E-state index contributed by atoms with van der Waals surface area (Å²) in [5.74, 6) is 0.386. The lowest BCUT2D eigenvalue weighted by Gasteiger charge is -2.23. The first-order valence-electron chi connectivity index (χ1n) is 7.12. The van der Waals surface area contributed by atoms with Gasteiger partial charge in [0.1, 0.15) is 0 Å². The van der Waals surface area contributed by atoms with Crippen molar-refractivity contribution < 1.29 is 4.79 Å². The molecule has 1 aliphatic carbocycles. The summed E-state index contributed by atoms with van der Waals surface area (Å²) in [6.07, 6.45) is 3.33. The maximum Gasteiger partial charge on any atom is 0.228 e. The van der Waals surface area contributed by atoms with E-state index in [9.17, 15) is 4.79 Å². The second kappa shape index (κ2) is 5.55. The van der Waals surface area contributed by atoms with E-state index in [4.69, 9.17) is 0 Å². The number of amides is 1. The second-order valence-electron chi connectivity index (χ2n) is 5.89. The number of hydrogen-bond donors (Lipinski definition) is 2. The standard InChI is InChI=1S/C15H17N3OS.ClH/c19-14(11-8-15(11)3-5-16-6-4-15)18-10-1-2-13-12(7-10)17-9-20-13;/h1-2,7,9,11,16H,3-6,8H2,(H,18,19);1H. The van der Waals surface area contributed by atoms with Gasteiger partial charge < -0.3 is 10.6 Å². The highest BCUT2D eigenvalue weighted by molar-refractivity contribution is 7.16. The summed E-state index contributed by atoms with van der Waals surface area (Å²) in [5.41, 5.74) is 3.95. The van der Waals surface area contributed by atoms with Crippen molar-refractivity contribution in [3.63, 3.8) is 0 Å². The number of carbonyl (C=O) groups excluding carboxylic acids is 1. The number of rotatable bonds is 2. The number of aromatic nitrogens is 1. The minimum atomic E-state index is 0. The van der Waals surface area contributed by atoms with E-state index in [1.54, 1.807) is 11.3 Å². The van der Waals surface area contributed by atoms with Crippen LogP contribution in [0.15, 0.2) is 23.7 Å². The number of piperidine rings is 1. The molecular formula is C15H18ClN3OS. The fourth-order valence-electron chi connectivity index (χ4n) is 3.36. The van der Waals surface area contributed by atoms with Crippen LogP contribution in [0.1, 0.15) is 19.3 Å². The molecule has 4 nitrogen and oxygen atoms in total. The molecule has 2 N–H and O–H groups in total. The molecule has 1 saturated carbocycles. The number of nitrogens with one attached hydrogen (secondary N) is 2. The molecule has 2 aromatic rings. The van der Waals surface area contributed by atoms with Crippen LogP contribution in [0.4, 0.5) is 5.69 Å². The fraction of sp³-hybridized carbons (Fsp3) is 0.467. The Balaban J connectivity index is 0.00000132. The number of nitrogens with zero attached hydrogens (tertiary/aromatic N) is 1. The van der Waals surface area contributed by atoms with E-state index < -0.39 is 0 Å². The van der Waals surface area contributed by atoms with Crippen LogP contribution in [0, 0.1) is 11.3 Å².